The number of benzene rings is 3. The molecule has 0 N–H and O–H groups in total. The summed E-state index contributed by atoms with van der Waals surface area (Å²) < 4.78 is 8.65. The fourth-order valence-corrected chi connectivity index (χ4v) is 4.77. The molecule has 0 aliphatic heterocycles. The molecule has 4 nitrogen and oxygen atoms in total. The Labute approximate surface area is 182 Å². The van der Waals surface area contributed by atoms with Crippen LogP contribution in [-0.2, 0) is 11.3 Å². The van der Waals surface area contributed by atoms with Crippen molar-refractivity contribution in [3.63, 3.8) is 0 Å². The van der Waals surface area contributed by atoms with E-state index in [1.807, 2.05) is 23.6 Å². The molecule has 0 bridgehead atoms. The van der Waals surface area contributed by atoms with Crippen molar-refractivity contribution >= 4 is 61.4 Å². The van der Waals surface area contributed by atoms with Crippen molar-refractivity contribution in [2.75, 3.05) is 13.2 Å². The van der Waals surface area contributed by atoms with E-state index in [0.717, 1.165) is 21.0 Å². The number of thiazole rings is 1. The highest BCUT2D eigenvalue weighted by Crippen LogP contribution is 2.28. The minimum Gasteiger partial charge on any atom is -0.380 e. The second-order valence-corrected chi connectivity index (χ2v) is 8.23. The highest BCUT2D eigenvalue weighted by atomic mass is 35.5. The van der Waals surface area contributed by atoms with Crippen LogP contribution >= 0.6 is 34.5 Å². The smallest absolute Gasteiger partial charge is 0.281 e. The minimum atomic E-state index is -0.418. The summed E-state index contributed by atoms with van der Waals surface area (Å²) >= 11 is 13.7. The lowest BCUT2D eigenvalue weighted by Gasteiger charge is -2.06. The summed E-state index contributed by atoms with van der Waals surface area (Å²) in [6.45, 7) is 3.73. The minimum absolute atomic E-state index is 0.290. The number of fused-ring (bicyclic) bond motifs is 3. The fourth-order valence-electron chi connectivity index (χ4n) is 3.21. The van der Waals surface area contributed by atoms with Gasteiger partial charge in [0.05, 0.1) is 27.4 Å². The van der Waals surface area contributed by atoms with Gasteiger partial charge in [0.25, 0.3) is 5.91 Å². The molecule has 0 atom stereocenters. The topological polar surface area (TPSA) is 43.6 Å². The lowest BCUT2D eigenvalue weighted by molar-refractivity contribution is 0.0997. The zero-order chi connectivity index (χ0) is 20.4. The number of aromatic nitrogens is 1. The van der Waals surface area contributed by atoms with E-state index in [9.17, 15) is 4.79 Å². The summed E-state index contributed by atoms with van der Waals surface area (Å²) in [6, 6.07) is 17.1. The standard InChI is InChI=1S/C22H18Cl2N2O2S/c1-2-28-12-11-26-19-10-7-14-5-3-4-6-16(14)20(19)29-22(26)25-21(27)17-13-15(23)8-9-18(17)24/h3-10,13H,2,11-12H2,1H3. The Morgan fingerprint density at radius 3 is 2.79 bits per heavy atom. The maximum atomic E-state index is 12.9. The molecule has 0 fully saturated rings. The third-order valence-electron chi connectivity index (χ3n) is 4.59. The van der Waals surface area contributed by atoms with Gasteiger partial charge in [-0.2, -0.15) is 4.99 Å². The Hall–Kier alpha value is -2.18. The number of amides is 1. The van der Waals surface area contributed by atoms with E-state index in [4.69, 9.17) is 27.9 Å². The van der Waals surface area contributed by atoms with Gasteiger partial charge in [-0.1, -0.05) is 64.9 Å². The summed E-state index contributed by atoms with van der Waals surface area (Å²) in [5, 5.41) is 3.05. The van der Waals surface area contributed by atoms with Crippen molar-refractivity contribution in [1.29, 1.82) is 0 Å². The summed E-state index contributed by atoms with van der Waals surface area (Å²) in [6.07, 6.45) is 0. The summed E-state index contributed by atoms with van der Waals surface area (Å²) in [5.41, 5.74) is 1.31. The molecule has 3 aromatic carbocycles. The largest absolute Gasteiger partial charge is 0.380 e. The van der Waals surface area contributed by atoms with Crippen LogP contribution in [0.1, 0.15) is 17.3 Å². The molecule has 1 heterocycles. The molecular weight excluding hydrogens is 427 g/mol. The number of nitrogens with zero attached hydrogens (tertiary/aromatic N) is 2. The van der Waals surface area contributed by atoms with Gasteiger partial charge in [0.2, 0.25) is 0 Å². The van der Waals surface area contributed by atoms with E-state index in [1.54, 1.807) is 18.2 Å². The van der Waals surface area contributed by atoms with E-state index in [-0.39, 0.29) is 5.56 Å². The molecule has 0 saturated carbocycles. The predicted molar refractivity (Wildman–Crippen MR) is 120 cm³/mol. The number of hydrogen-bond acceptors (Lipinski definition) is 3. The van der Waals surface area contributed by atoms with Crippen LogP contribution in [0.3, 0.4) is 0 Å². The molecule has 0 unspecified atom stereocenters. The molecule has 0 saturated heterocycles. The van der Waals surface area contributed by atoms with Gasteiger partial charge in [-0.15, -0.1) is 0 Å². The first-order valence-electron chi connectivity index (χ1n) is 9.21. The summed E-state index contributed by atoms with van der Waals surface area (Å²) in [4.78, 5) is 17.9. The van der Waals surface area contributed by atoms with Crippen LogP contribution in [0.2, 0.25) is 10.0 Å². The summed E-state index contributed by atoms with van der Waals surface area (Å²) in [7, 11) is 0. The van der Waals surface area contributed by atoms with Crippen LogP contribution in [0.5, 0.6) is 0 Å². The zero-order valence-electron chi connectivity index (χ0n) is 15.7. The first-order valence-corrected chi connectivity index (χ1v) is 10.8. The molecule has 0 spiro atoms. The normalized spacial score (nSPS) is 12.2. The van der Waals surface area contributed by atoms with Gasteiger partial charge in [0.1, 0.15) is 0 Å². The first-order chi connectivity index (χ1) is 14.1. The molecule has 1 aromatic heterocycles. The average Bonchev–Trinajstić information content (AvgIpc) is 3.07. The number of halogens is 2. The van der Waals surface area contributed by atoms with Gasteiger partial charge in [-0.25, -0.2) is 0 Å². The van der Waals surface area contributed by atoms with Gasteiger partial charge in [0, 0.05) is 23.6 Å². The summed E-state index contributed by atoms with van der Waals surface area (Å²) in [5.74, 6) is -0.418. The number of carbonyl (C=O) groups is 1. The monoisotopic (exact) mass is 444 g/mol. The van der Waals surface area contributed by atoms with E-state index >= 15 is 0 Å². The molecule has 148 valence electrons. The maximum absolute atomic E-state index is 12.9. The van der Waals surface area contributed by atoms with Crippen molar-refractivity contribution < 1.29 is 9.53 Å². The van der Waals surface area contributed by atoms with Crippen LogP contribution in [0.15, 0.2) is 59.6 Å². The predicted octanol–water partition coefficient (Wildman–Crippen LogP) is 5.94. The Morgan fingerprint density at radius 2 is 1.97 bits per heavy atom. The molecule has 0 aliphatic carbocycles. The Bertz CT molecular complexity index is 1280. The maximum Gasteiger partial charge on any atom is 0.281 e. The van der Waals surface area contributed by atoms with Gasteiger partial charge in [0.15, 0.2) is 4.80 Å². The highest BCUT2D eigenvalue weighted by molar-refractivity contribution is 7.17. The Kier molecular flexibility index (Phi) is 6.01. The number of hydrogen-bond donors (Lipinski definition) is 0. The quantitative estimate of drug-likeness (QED) is 0.357. The van der Waals surface area contributed by atoms with Crippen molar-refractivity contribution in [3.8, 4) is 0 Å². The Morgan fingerprint density at radius 1 is 1.14 bits per heavy atom. The molecule has 1 amide bonds. The molecule has 7 heteroatoms. The zero-order valence-corrected chi connectivity index (χ0v) is 18.0. The highest BCUT2D eigenvalue weighted by Gasteiger charge is 2.14. The number of ether oxygens (including phenoxy) is 1. The first kappa shape index (κ1) is 20.1. The second-order valence-electron chi connectivity index (χ2n) is 6.41. The van der Waals surface area contributed by atoms with Gasteiger partial charge in [-0.3, -0.25) is 4.79 Å². The van der Waals surface area contributed by atoms with Crippen molar-refractivity contribution in [1.82, 2.24) is 4.57 Å². The number of carbonyl (C=O) groups excluding carboxylic acids is 1. The van der Waals surface area contributed by atoms with Crippen LogP contribution in [0.25, 0.3) is 21.0 Å². The molecule has 0 radical (unpaired) electrons. The van der Waals surface area contributed by atoms with Gasteiger partial charge < -0.3 is 9.30 Å². The van der Waals surface area contributed by atoms with Crippen LogP contribution in [-0.4, -0.2) is 23.7 Å². The van der Waals surface area contributed by atoms with E-state index in [1.165, 1.54) is 11.3 Å². The van der Waals surface area contributed by atoms with E-state index in [0.29, 0.717) is 34.6 Å². The van der Waals surface area contributed by atoms with Crippen molar-refractivity contribution in [2.45, 2.75) is 13.5 Å². The van der Waals surface area contributed by atoms with Crippen LogP contribution in [0.4, 0.5) is 0 Å². The van der Waals surface area contributed by atoms with Gasteiger partial charge in [-0.05, 0) is 36.6 Å². The molecule has 29 heavy (non-hydrogen) atoms. The second kappa shape index (κ2) is 8.67. The third-order valence-corrected chi connectivity index (χ3v) is 6.29. The molecular formula is C22H18Cl2N2O2S. The van der Waals surface area contributed by atoms with Crippen LogP contribution < -0.4 is 4.80 Å². The SMILES string of the molecule is CCOCCn1c(=NC(=O)c2cc(Cl)ccc2Cl)sc2c3ccccc3ccc21. The molecule has 0 aliphatic rings. The number of rotatable bonds is 5. The average molecular weight is 445 g/mol. The lowest BCUT2D eigenvalue weighted by Crippen LogP contribution is -2.19. The van der Waals surface area contributed by atoms with E-state index in [2.05, 4.69) is 29.3 Å². The third kappa shape index (κ3) is 4.09. The lowest BCUT2D eigenvalue weighted by atomic mass is 10.1. The van der Waals surface area contributed by atoms with E-state index < -0.39 is 5.91 Å². The van der Waals surface area contributed by atoms with Crippen LogP contribution in [0, 0.1) is 0 Å². The van der Waals surface area contributed by atoms with Crippen molar-refractivity contribution in [3.05, 3.63) is 75.0 Å². The molecule has 4 aromatic rings. The Balaban J connectivity index is 1.90. The van der Waals surface area contributed by atoms with Crippen molar-refractivity contribution in [2.24, 2.45) is 4.99 Å². The molecule has 4 rings (SSSR count). The van der Waals surface area contributed by atoms with Gasteiger partial charge >= 0.3 is 0 Å². The fraction of sp³-hybridized carbons (Fsp3) is 0.182.